The highest BCUT2D eigenvalue weighted by Gasteiger charge is 2.38. The molecule has 1 aromatic carbocycles. The van der Waals surface area contributed by atoms with Crippen LogP contribution in [0.15, 0.2) is 18.2 Å². The Labute approximate surface area is 158 Å². The number of hydrogen-bond donors (Lipinski definition) is 3. The minimum Gasteiger partial charge on any atom is -0.322 e. The molecule has 2 fully saturated rings. The molecule has 2 atom stereocenters. The van der Waals surface area contributed by atoms with E-state index in [9.17, 15) is 14.4 Å². The Balaban J connectivity index is 1.37. The lowest BCUT2D eigenvalue weighted by Gasteiger charge is -2.29. The number of carbonyl (C=O) groups excluding carboxylic acids is 3. The summed E-state index contributed by atoms with van der Waals surface area (Å²) in [5.74, 6) is -0.749. The molecule has 1 aromatic rings. The number of benzene rings is 1. The number of fused-ring (bicyclic) bond motifs is 1. The Morgan fingerprint density at radius 1 is 1.15 bits per heavy atom. The van der Waals surface area contributed by atoms with E-state index < -0.39 is 6.04 Å². The first-order valence-corrected chi connectivity index (χ1v) is 9.82. The normalized spacial score (nSPS) is 25.5. The molecule has 0 radical (unpaired) electrons. The van der Waals surface area contributed by atoms with Crippen molar-refractivity contribution in [1.82, 2.24) is 20.9 Å². The quantitative estimate of drug-likeness (QED) is 0.663. The Hall–Kier alpha value is -2.25. The van der Waals surface area contributed by atoms with E-state index in [-0.39, 0.29) is 24.1 Å². The minimum absolute atomic E-state index is 0.120. The first-order chi connectivity index (χ1) is 13.1. The minimum atomic E-state index is -0.554. The third kappa shape index (κ3) is 3.89. The molecular formula is C20H26N4O3. The fourth-order valence-corrected chi connectivity index (χ4v) is 4.23. The van der Waals surface area contributed by atoms with E-state index in [1.807, 2.05) is 12.1 Å². The summed E-state index contributed by atoms with van der Waals surface area (Å²) >= 11 is 0. The van der Waals surface area contributed by atoms with Crippen molar-refractivity contribution in [3.8, 4) is 0 Å². The van der Waals surface area contributed by atoms with E-state index in [2.05, 4.69) is 22.0 Å². The van der Waals surface area contributed by atoms with Gasteiger partial charge in [-0.1, -0.05) is 18.6 Å². The lowest BCUT2D eigenvalue weighted by atomic mass is 10.0. The van der Waals surface area contributed by atoms with Gasteiger partial charge in [-0.05, 0) is 43.0 Å². The molecule has 0 bridgehead atoms. The van der Waals surface area contributed by atoms with Gasteiger partial charge < -0.3 is 15.5 Å². The summed E-state index contributed by atoms with van der Waals surface area (Å²) in [4.78, 5) is 37.7. The van der Waals surface area contributed by atoms with E-state index in [1.165, 1.54) is 19.3 Å². The van der Waals surface area contributed by atoms with Crippen molar-refractivity contribution in [2.24, 2.45) is 0 Å². The van der Waals surface area contributed by atoms with Crippen LogP contribution in [-0.2, 0) is 22.7 Å². The molecule has 0 aliphatic carbocycles. The maximum absolute atomic E-state index is 12.7. The highest BCUT2D eigenvalue weighted by atomic mass is 16.2. The summed E-state index contributed by atoms with van der Waals surface area (Å²) in [7, 11) is 0. The summed E-state index contributed by atoms with van der Waals surface area (Å²) in [5.41, 5.74) is 2.76. The molecule has 1 unspecified atom stereocenters. The van der Waals surface area contributed by atoms with Gasteiger partial charge in [0.25, 0.3) is 5.91 Å². The largest absolute Gasteiger partial charge is 0.322 e. The van der Waals surface area contributed by atoms with Crippen LogP contribution in [0.1, 0.15) is 53.6 Å². The van der Waals surface area contributed by atoms with Gasteiger partial charge in [-0.3, -0.25) is 19.7 Å². The summed E-state index contributed by atoms with van der Waals surface area (Å²) in [5, 5.41) is 9.36. The van der Waals surface area contributed by atoms with Crippen LogP contribution in [-0.4, -0.2) is 47.8 Å². The zero-order chi connectivity index (χ0) is 18.8. The number of piperidine rings is 2. The van der Waals surface area contributed by atoms with Crippen molar-refractivity contribution in [2.45, 2.75) is 57.3 Å². The molecule has 3 aliphatic rings. The average Bonchev–Trinajstić information content (AvgIpc) is 2.99. The van der Waals surface area contributed by atoms with Gasteiger partial charge in [0.15, 0.2) is 0 Å². The number of nitrogens with zero attached hydrogens (tertiary/aromatic N) is 1. The molecule has 3 N–H and O–H groups in total. The van der Waals surface area contributed by atoms with Crippen molar-refractivity contribution in [3.63, 3.8) is 0 Å². The standard InChI is InChI=1S/C20H26N4O3/c25-18-7-6-17(19(26)23-18)24-12-14-9-13(4-5-16(14)20(24)27)10-21-11-15-3-1-2-8-22-15/h4-5,9,15,17,21-22H,1-3,6-8,10-12H2,(H,23,25,26)/t15-,17?/m1/s1. The van der Waals surface area contributed by atoms with E-state index in [0.29, 0.717) is 24.6 Å². The lowest BCUT2D eigenvalue weighted by Crippen LogP contribution is -2.52. The maximum atomic E-state index is 12.7. The average molecular weight is 370 g/mol. The van der Waals surface area contributed by atoms with Crippen LogP contribution in [0.5, 0.6) is 0 Å². The van der Waals surface area contributed by atoms with E-state index >= 15 is 0 Å². The van der Waals surface area contributed by atoms with E-state index in [0.717, 1.165) is 30.8 Å². The van der Waals surface area contributed by atoms with Gasteiger partial charge in [0.2, 0.25) is 11.8 Å². The van der Waals surface area contributed by atoms with Crippen LogP contribution in [0.25, 0.3) is 0 Å². The molecule has 3 aliphatic heterocycles. The Morgan fingerprint density at radius 3 is 2.81 bits per heavy atom. The van der Waals surface area contributed by atoms with Gasteiger partial charge in [-0.25, -0.2) is 0 Å². The molecule has 4 rings (SSSR count). The fraction of sp³-hybridized carbons (Fsp3) is 0.550. The van der Waals surface area contributed by atoms with Crippen LogP contribution in [0.3, 0.4) is 0 Å². The highest BCUT2D eigenvalue weighted by Crippen LogP contribution is 2.28. The van der Waals surface area contributed by atoms with Gasteiger partial charge in [0.1, 0.15) is 6.04 Å². The fourth-order valence-electron chi connectivity index (χ4n) is 4.23. The molecular weight excluding hydrogens is 344 g/mol. The van der Waals surface area contributed by atoms with E-state index in [1.54, 1.807) is 4.90 Å². The van der Waals surface area contributed by atoms with Crippen LogP contribution in [0.2, 0.25) is 0 Å². The SMILES string of the molecule is O=C1CCC(N2Cc3cc(CNC[C@H]4CCCCN4)ccc3C2=O)C(=O)N1. The zero-order valence-electron chi connectivity index (χ0n) is 15.4. The molecule has 0 spiro atoms. The van der Waals surface area contributed by atoms with Gasteiger partial charge >= 0.3 is 0 Å². The third-order valence-corrected chi connectivity index (χ3v) is 5.72. The van der Waals surface area contributed by atoms with Crippen molar-refractivity contribution < 1.29 is 14.4 Å². The van der Waals surface area contributed by atoms with Gasteiger partial charge in [0, 0.05) is 37.7 Å². The van der Waals surface area contributed by atoms with Crippen molar-refractivity contribution >= 4 is 17.7 Å². The molecule has 7 heteroatoms. The summed E-state index contributed by atoms with van der Waals surface area (Å²) in [6.45, 7) is 3.23. The number of nitrogens with one attached hydrogen (secondary N) is 3. The molecule has 0 saturated carbocycles. The third-order valence-electron chi connectivity index (χ3n) is 5.72. The van der Waals surface area contributed by atoms with Gasteiger partial charge in [0.05, 0.1) is 0 Å². The zero-order valence-corrected chi connectivity index (χ0v) is 15.4. The molecule has 0 aromatic heterocycles. The Bertz CT molecular complexity index is 758. The summed E-state index contributed by atoms with van der Waals surface area (Å²) in [6, 6.07) is 5.88. The molecule has 3 heterocycles. The number of rotatable bonds is 5. The number of imide groups is 1. The van der Waals surface area contributed by atoms with Crippen LogP contribution >= 0.6 is 0 Å². The monoisotopic (exact) mass is 370 g/mol. The van der Waals surface area contributed by atoms with Gasteiger partial charge in [-0.2, -0.15) is 0 Å². The first-order valence-electron chi connectivity index (χ1n) is 9.82. The second-order valence-electron chi connectivity index (χ2n) is 7.67. The molecule has 7 nitrogen and oxygen atoms in total. The van der Waals surface area contributed by atoms with E-state index in [4.69, 9.17) is 0 Å². The van der Waals surface area contributed by atoms with Crippen molar-refractivity contribution in [2.75, 3.05) is 13.1 Å². The number of carbonyl (C=O) groups is 3. The van der Waals surface area contributed by atoms with Crippen LogP contribution in [0, 0.1) is 0 Å². The van der Waals surface area contributed by atoms with Crippen molar-refractivity contribution in [1.29, 1.82) is 0 Å². The Kier molecular flexibility index (Phi) is 5.22. The predicted molar refractivity (Wildman–Crippen MR) is 99.8 cm³/mol. The molecule has 144 valence electrons. The van der Waals surface area contributed by atoms with Crippen LogP contribution in [0.4, 0.5) is 0 Å². The molecule has 3 amide bonds. The van der Waals surface area contributed by atoms with Crippen molar-refractivity contribution in [3.05, 3.63) is 34.9 Å². The Morgan fingerprint density at radius 2 is 2.04 bits per heavy atom. The maximum Gasteiger partial charge on any atom is 0.255 e. The predicted octanol–water partition coefficient (Wildman–Crippen LogP) is 0.679. The summed E-state index contributed by atoms with van der Waals surface area (Å²) in [6.07, 6.45) is 4.44. The van der Waals surface area contributed by atoms with Crippen LogP contribution < -0.4 is 16.0 Å². The second kappa shape index (κ2) is 7.78. The molecule has 2 saturated heterocycles. The second-order valence-corrected chi connectivity index (χ2v) is 7.67. The lowest BCUT2D eigenvalue weighted by molar-refractivity contribution is -0.136. The first kappa shape index (κ1) is 18.1. The number of amides is 3. The number of hydrogen-bond acceptors (Lipinski definition) is 5. The molecule has 27 heavy (non-hydrogen) atoms. The smallest absolute Gasteiger partial charge is 0.255 e. The topological polar surface area (TPSA) is 90.5 Å². The van der Waals surface area contributed by atoms with Gasteiger partial charge in [-0.15, -0.1) is 0 Å². The summed E-state index contributed by atoms with van der Waals surface area (Å²) < 4.78 is 0. The highest BCUT2D eigenvalue weighted by molar-refractivity contribution is 6.05.